The Kier molecular flexibility index (Phi) is 3.56. The smallest absolute Gasteiger partial charge is 0.155 e. The van der Waals surface area contributed by atoms with Crippen LogP contribution in [0.5, 0.6) is 0 Å². The van der Waals surface area contributed by atoms with E-state index in [-0.39, 0.29) is 0 Å². The Hall–Kier alpha value is -1.35. The minimum atomic E-state index is 0.674. The van der Waals surface area contributed by atoms with Crippen LogP contribution in [-0.2, 0) is 0 Å². The van der Waals surface area contributed by atoms with Crippen LogP contribution in [0.25, 0.3) is 10.2 Å². The lowest BCUT2D eigenvalue weighted by Gasteiger charge is -2.01. The molecule has 0 aliphatic carbocycles. The Bertz CT molecular complexity index is 756. The highest BCUT2D eigenvalue weighted by molar-refractivity contribution is 9.10. The summed E-state index contributed by atoms with van der Waals surface area (Å²) in [4.78, 5) is 5.50. The van der Waals surface area contributed by atoms with Gasteiger partial charge in [-0.3, -0.25) is 0 Å². The van der Waals surface area contributed by atoms with Crippen LogP contribution >= 0.6 is 39.0 Å². The largest absolute Gasteiger partial charge is 0.229 e. The van der Waals surface area contributed by atoms with Crippen LogP contribution in [0.4, 0.5) is 0 Å². The number of aromatic nitrogens is 1. The zero-order valence-corrected chi connectivity index (χ0v) is 12.8. The molecule has 0 unspecified atom stereocenters. The SMILES string of the molecule is N#Cc1ccc(Br)cc1Sc1nc2ccccc2s1. The van der Waals surface area contributed by atoms with Crippen molar-refractivity contribution >= 4 is 49.2 Å². The maximum Gasteiger partial charge on any atom is 0.155 e. The van der Waals surface area contributed by atoms with Gasteiger partial charge in [0, 0.05) is 9.37 Å². The van der Waals surface area contributed by atoms with Crippen LogP contribution in [0.1, 0.15) is 5.56 Å². The van der Waals surface area contributed by atoms with Gasteiger partial charge in [0.05, 0.1) is 15.8 Å². The van der Waals surface area contributed by atoms with E-state index in [1.54, 1.807) is 11.3 Å². The lowest BCUT2D eigenvalue weighted by atomic mass is 10.2. The first-order valence-electron chi connectivity index (χ1n) is 5.49. The molecule has 0 fully saturated rings. The summed E-state index contributed by atoms with van der Waals surface area (Å²) in [6.07, 6.45) is 0. The summed E-state index contributed by atoms with van der Waals surface area (Å²) in [5, 5.41) is 9.13. The van der Waals surface area contributed by atoms with Crippen molar-refractivity contribution in [1.82, 2.24) is 4.98 Å². The fraction of sp³-hybridized carbons (Fsp3) is 0. The van der Waals surface area contributed by atoms with E-state index in [1.165, 1.54) is 16.5 Å². The number of benzene rings is 2. The van der Waals surface area contributed by atoms with Gasteiger partial charge in [-0.25, -0.2) is 4.98 Å². The average Bonchev–Trinajstić information content (AvgIpc) is 2.81. The van der Waals surface area contributed by atoms with Crippen molar-refractivity contribution < 1.29 is 0 Å². The van der Waals surface area contributed by atoms with E-state index in [1.807, 2.05) is 36.4 Å². The predicted octanol–water partition coefficient (Wildman–Crippen LogP) is 5.08. The molecular formula is C14H7BrN2S2. The number of fused-ring (bicyclic) bond motifs is 1. The Labute approximate surface area is 127 Å². The molecule has 0 spiro atoms. The maximum atomic E-state index is 9.13. The molecule has 0 amide bonds. The molecular weight excluding hydrogens is 340 g/mol. The van der Waals surface area contributed by atoms with E-state index >= 15 is 0 Å². The highest BCUT2D eigenvalue weighted by Gasteiger charge is 2.09. The third kappa shape index (κ3) is 2.66. The Morgan fingerprint density at radius 1 is 1.21 bits per heavy atom. The summed E-state index contributed by atoms with van der Waals surface area (Å²) in [6.45, 7) is 0. The number of para-hydroxylation sites is 1. The minimum Gasteiger partial charge on any atom is -0.229 e. The summed E-state index contributed by atoms with van der Waals surface area (Å²) >= 11 is 6.61. The maximum absolute atomic E-state index is 9.13. The fourth-order valence-corrected chi connectivity index (χ4v) is 4.32. The highest BCUT2D eigenvalue weighted by atomic mass is 79.9. The molecule has 0 N–H and O–H groups in total. The van der Waals surface area contributed by atoms with Gasteiger partial charge in [-0.1, -0.05) is 39.8 Å². The van der Waals surface area contributed by atoms with Crippen LogP contribution in [0.3, 0.4) is 0 Å². The zero-order valence-electron chi connectivity index (χ0n) is 9.63. The van der Waals surface area contributed by atoms with Crippen molar-refractivity contribution in [2.24, 2.45) is 0 Å². The standard InChI is InChI=1S/C14H7BrN2S2/c15-10-6-5-9(8-16)13(7-10)19-14-17-11-3-1-2-4-12(11)18-14/h1-7H. The van der Waals surface area contributed by atoms with Crippen LogP contribution in [0, 0.1) is 11.3 Å². The molecule has 1 heterocycles. The molecule has 0 saturated carbocycles. The Morgan fingerprint density at radius 2 is 2.05 bits per heavy atom. The molecule has 5 heteroatoms. The summed E-state index contributed by atoms with van der Waals surface area (Å²) in [5.41, 5.74) is 1.68. The molecule has 19 heavy (non-hydrogen) atoms. The van der Waals surface area contributed by atoms with Crippen LogP contribution in [0.15, 0.2) is 56.2 Å². The van der Waals surface area contributed by atoms with E-state index in [4.69, 9.17) is 5.26 Å². The zero-order chi connectivity index (χ0) is 13.2. The van der Waals surface area contributed by atoms with Gasteiger partial charge in [0.1, 0.15) is 6.07 Å². The molecule has 1 aromatic heterocycles. The number of hydrogen-bond donors (Lipinski definition) is 0. The van der Waals surface area contributed by atoms with Crippen molar-refractivity contribution in [3.63, 3.8) is 0 Å². The third-order valence-electron chi connectivity index (χ3n) is 2.54. The first-order chi connectivity index (χ1) is 9.26. The Morgan fingerprint density at radius 3 is 2.84 bits per heavy atom. The van der Waals surface area contributed by atoms with Gasteiger partial charge in [0.15, 0.2) is 4.34 Å². The van der Waals surface area contributed by atoms with E-state index in [9.17, 15) is 0 Å². The van der Waals surface area contributed by atoms with Gasteiger partial charge >= 0.3 is 0 Å². The van der Waals surface area contributed by atoms with Gasteiger partial charge in [-0.05, 0) is 30.3 Å². The molecule has 0 radical (unpaired) electrons. The van der Waals surface area contributed by atoms with Crippen molar-refractivity contribution in [2.75, 3.05) is 0 Å². The molecule has 3 rings (SSSR count). The number of rotatable bonds is 2. The monoisotopic (exact) mass is 346 g/mol. The molecule has 0 atom stereocenters. The minimum absolute atomic E-state index is 0.674. The first kappa shape index (κ1) is 12.7. The second kappa shape index (κ2) is 5.33. The number of thiazole rings is 1. The first-order valence-corrected chi connectivity index (χ1v) is 7.92. The molecule has 2 nitrogen and oxygen atoms in total. The van der Waals surface area contributed by atoms with Crippen molar-refractivity contribution in [2.45, 2.75) is 9.24 Å². The van der Waals surface area contributed by atoms with Gasteiger partial charge in [0.25, 0.3) is 0 Å². The number of nitrogens with zero attached hydrogens (tertiary/aromatic N) is 2. The number of halogens is 1. The molecule has 0 aliphatic heterocycles. The molecule has 0 aliphatic rings. The number of nitriles is 1. The van der Waals surface area contributed by atoms with E-state index < -0.39 is 0 Å². The lowest BCUT2D eigenvalue weighted by molar-refractivity contribution is 1.28. The van der Waals surface area contributed by atoms with Crippen molar-refractivity contribution in [1.29, 1.82) is 5.26 Å². The summed E-state index contributed by atoms with van der Waals surface area (Å²) in [7, 11) is 0. The second-order valence-electron chi connectivity index (χ2n) is 3.80. The van der Waals surface area contributed by atoms with Gasteiger partial charge in [-0.15, -0.1) is 11.3 Å². The quantitative estimate of drug-likeness (QED) is 0.648. The molecule has 3 aromatic rings. The van der Waals surface area contributed by atoms with E-state index in [0.29, 0.717) is 5.56 Å². The topological polar surface area (TPSA) is 36.7 Å². The fourth-order valence-electron chi connectivity index (χ4n) is 1.66. The van der Waals surface area contributed by atoms with Crippen molar-refractivity contribution in [3.8, 4) is 6.07 Å². The van der Waals surface area contributed by atoms with Gasteiger partial charge in [-0.2, -0.15) is 5.26 Å². The Balaban J connectivity index is 2.01. The summed E-state index contributed by atoms with van der Waals surface area (Å²) in [6, 6.07) is 15.9. The van der Waals surface area contributed by atoms with Crippen LogP contribution in [0.2, 0.25) is 0 Å². The predicted molar refractivity (Wildman–Crippen MR) is 82.6 cm³/mol. The molecule has 0 bridgehead atoms. The lowest BCUT2D eigenvalue weighted by Crippen LogP contribution is -1.81. The molecule has 92 valence electrons. The highest BCUT2D eigenvalue weighted by Crippen LogP contribution is 2.36. The summed E-state index contributed by atoms with van der Waals surface area (Å²) in [5.74, 6) is 0. The van der Waals surface area contributed by atoms with E-state index in [2.05, 4.69) is 33.0 Å². The molecule has 0 saturated heterocycles. The summed E-state index contributed by atoms with van der Waals surface area (Å²) < 4.78 is 3.09. The van der Waals surface area contributed by atoms with Gasteiger partial charge in [0.2, 0.25) is 0 Å². The second-order valence-corrected chi connectivity index (χ2v) is 7.04. The average molecular weight is 347 g/mol. The normalized spacial score (nSPS) is 10.5. The number of hydrogen-bond acceptors (Lipinski definition) is 4. The van der Waals surface area contributed by atoms with Crippen LogP contribution in [-0.4, -0.2) is 4.98 Å². The van der Waals surface area contributed by atoms with E-state index in [0.717, 1.165) is 19.2 Å². The third-order valence-corrected chi connectivity index (χ3v) is 5.18. The van der Waals surface area contributed by atoms with Gasteiger partial charge < -0.3 is 0 Å². The molecule has 2 aromatic carbocycles. The van der Waals surface area contributed by atoms with Crippen molar-refractivity contribution in [3.05, 3.63) is 52.5 Å². The van der Waals surface area contributed by atoms with Crippen LogP contribution < -0.4 is 0 Å².